The molecule has 3 heterocycles. The third-order valence-electron chi connectivity index (χ3n) is 6.72. The maximum Gasteiger partial charge on any atom is 0.277 e. The highest BCUT2D eigenvalue weighted by molar-refractivity contribution is 7.89. The monoisotopic (exact) mass is 536 g/mol. The number of fused-ring (bicyclic) bond motifs is 1. The van der Waals surface area contributed by atoms with Gasteiger partial charge in [-0.05, 0) is 50.6 Å². The van der Waals surface area contributed by atoms with E-state index in [0.717, 1.165) is 12.1 Å². The van der Waals surface area contributed by atoms with Crippen LogP contribution in [0.2, 0.25) is 0 Å². The number of piperazine rings is 1. The Balaban J connectivity index is 1.51. The Morgan fingerprint density at radius 3 is 2.45 bits per heavy atom. The normalized spacial score (nSPS) is 14.8. The zero-order valence-electron chi connectivity index (χ0n) is 21.8. The van der Waals surface area contributed by atoms with Crippen LogP contribution in [-0.4, -0.2) is 65.1 Å². The van der Waals surface area contributed by atoms with Crippen LogP contribution in [-0.2, 0) is 16.4 Å². The number of ether oxygens (including phenoxy) is 1. The summed E-state index contributed by atoms with van der Waals surface area (Å²) in [5, 5.41) is 4.67. The molecule has 1 fully saturated rings. The Morgan fingerprint density at radius 1 is 1.03 bits per heavy atom. The van der Waals surface area contributed by atoms with Crippen molar-refractivity contribution in [1.29, 1.82) is 0 Å². The number of rotatable bonds is 8. The first-order valence-corrected chi connectivity index (χ1v) is 14.3. The van der Waals surface area contributed by atoms with Gasteiger partial charge < -0.3 is 14.6 Å². The molecule has 0 aliphatic carbocycles. The van der Waals surface area contributed by atoms with Crippen molar-refractivity contribution in [3.8, 4) is 17.1 Å². The number of para-hydroxylation sites is 1. The van der Waals surface area contributed by atoms with E-state index >= 15 is 0 Å². The lowest BCUT2D eigenvalue weighted by Crippen LogP contribution is -2.48. The SMILES string of the molecule is CCCc1nc(C)c2c(=O)[nH]c(-c3cc(S(=O)(=O)N4CCN(c5ccccc5)CC4)ccc3OCC)nn12. The molecule has 4 aromatic rings. The van der Waals surface area contributed by atoms with Gasteiger partial charge in [-0.1, -0.05) is 25.1 Å². The number of sulfonamides is 1. The van der Waals surface area contributed by atoms with Gasteiger partial charge in [0.2, 0.25) is 10.0 Å². The van der Waals surface area contributed by atoms with Crippen molar-refractivity contribution in [3.05, 3.63) is 70.4 Å². The molecule has 0 spiro atoms. The van der Waals surface area contributed by atoms with Crippen molar-refractivity contribution in [3.63, 3.8) is 0 Å². The molecule has 0 bridgehead atoms. The minimum atomic E-state index is -3.78. The summed E-state index contributed by atoms with van der Waals surface area (Å²) in [6.07, 6.45) is 1.50. The summed E-state index contributed by atoms with van der Waals surface area (Å²) in [7, 11) is -3.78. The van der Waals surface area contributed by atoms with Gasteiger partial charge in [-0.3, -0.25) is 4.79 Å². The molecule has 0 amide bonds. The van der Waals surface area contributed by atoms with Gasteiger partial charge in [0.1, 0.15) is 11.6 Å². The lowest BCUT2D eigenvalue weighted by molar-refractivity contribution is 0.341. The van der Waals surface area contributed by atoms with Gasteiger partial charge in [0.05, 0.1) is 22.8 Å². The van der Waals surface area contributed by atoms with Crippen LogP contribution < -0.4 is 15.2 Å². The lowest BCUT2D eigenvalue weighted by Gasteiger charge is -2.35. The number of aryl methyl sites for hydroxylation is 2. The predicted molar refractivity (Wildman–Crippen MR) is 146 cm³/mol. The first kappa shape index (κ1) is 25.9. The second kappa shape index (κ2) is 10.6. The maximum atomic E-state index is 13.7. The molecule has 5 rings (SSSR count). The number of aromatic amines is 1. The van der Waals surface area contributed by atoms with Crippen molar-refractivity contribution < 1.29 is 13.2 Å². The first-order valence-electron chi connectivity index (χ1n) is 12.9. The van der Waals surface area contributed by atoms with E-state index in [1.54, 1.807) is 23.6 Å². The van der Waals surface area contributed by atoms with Crippen molar-refractivity contribution >= 4 is 21.2 Å². The highest BCUT2D eigenvalue weighted by atomic mass is 32.2. The van der Waals surface area contributed by atoms with E-state index < -0.39 is 10.0 Å². The molecule has 1 aliphatic heterocycles. The van der Waals surface area contributed by atoms with E-state index in [4.69, 9.17) is 4.74 Å². The third-order valence-corrected chi connectivity index (χ3v) is 8.61. The summed E-state index contributed by atoms with van der Waals surface area (Å²) >= 11 is 0. The number of aromatic nitrogens is 4. The molecule has 2 aromatic heterocycles. The number of hydrogen-bond acceptors (Lipinski definition) is 7. The Kier molecular flexibility index (Phi) is 7.22. The lowest BCUT2D eigenvalue weighted by atomic mass is 10.2. The Bertz CT molecular complexity index is 1610. The zero-order valence-corrected chi connectivity index (χ0v) is 22.7. The molecular formula is C27H32N6O4S. The summed E-state index contributed by atoms with van der Waals surface area (Å²) in [6, 6.07) is 14.7. The van der Waals surface area contributed by atoms with E-state index in [9.17, 15) is 13.2 Å². The van der Waals surface area contributed by atoms with Crippen LogP contribution >= 0.6 is 0 Å². The van der Waals surface area contributed by atoms with Crippen LogP contribution in [0.4, 0.5) is 5.69 Å². The van der Waals surface area contributed by atoms with Gasteiger partial charge >= 0.3 is 0 Å². The average Bonchev–Trinajstić information content (AvgIpc) is 3.25. The minimum absolute atomic E-state index is 0.127. The molecule has 11 heteroatoms. The van der Waals surface area contributed by atoms with E-state index in [1.165, 1.54) is 10.4 Å². The summed E-state index contributed by atoms with van der Waals surface area (Å²) in [4.78, 5) is 22.7. The molecule has 2 aromatic carbocycles. The molecule has 38 heavy (non-hydrogen) atoms. The van der Waals surface area contributed by atoms with Crippen LogP contribution in [0.25, 0.3) is 16.9 Å². The van der Waals surface area contributed by atoms with Gasteiger partial charge in [-0.2, -0.15) is 4.31 Å². The van der Waals surface area contributed by atoms with E-state index in [0.29, 0.717) is 67.6 Å². The van der Waals surface area contributed by atoms with Gasteiger partial charge in [-0.25, -0.2) is 17.9 Å². The standard InChI is InChI=1S/C27H32N6O4S/c1-4-9-24-28-19(3)25-27(34)29-26(30-33(24)25)22-18-21(12-13-23(22)37-5-2)38(35,36)32-16-14-31(15-17-32)20-10-7-6-8-11-20/h6-8,10-13,18H,4-5,9,14-17H2,1-3H3,(H,29,30,34). The molecule has 0 atom stereocenters. The summed E-state index contributed by atoms with van der Waals surface area (Å²) in [5.41, 5.74) is 2.13. The van der Waals surface area contributed by atoms with Crippen molar-refractivity contribution in [2.75, 3.05) is 37.7 Å². The number of anilines is 1. The molecule has 1 N–H and O–H groups in total. The minimum Gasteiger partial charge on any atom is -0.493 e. The van der Waals surface area contributed by atoms with Crippen LogP contribution in [0.5, 0.6) is 5.75 Å². The number of hydrogen-bond donors (Lipinski definition) is 1. The molecule has 1 saturated heterocycles. The number of nitrogens with one attached hydrogen (secondary N) is 1. The highest BCUT2D eigenvalue weighted by Gasteiger charge is 2.30. The van der Waals surface area contributed by atoms with E-state index in [2.05, 4.69) is 20.0 Å². The Labute approximate surface area is 221 Å². The van der Waals surface area contributed by atoms with Gasteiger partial charge in [-0.15, -0.1) is 5.10 Å². The van der Waals surface area contributed by atoms with Crippen LogP contribution in [0.1, 0.15) is 31.8 Å². The third kappa shape index (κ3) is 4.79. The first-order chi connectivity index (χ1) is 18.3. The fraction of sp³-hybridized carbons (Fsp3) is 0.370. The van der Waals surface area contributed by atoms with Crippen molar-refractivity contribution in [2.45, 2.75) is 38.5 Å². The van der Waals surface area contributed by atoms with E-state index in [-0.39, 0.29) is 16.3 Å². The molecular weight excluding hydrogens is 504 g/mol. The van der Waals surface area contributed by atoms with Crippen LogP contribution in [0.15, 0.2) is 58.2 Å². The summed E-state index contributed by atoms with van der Waals surface area (Å²) in [6.45, 7) is 7.97. The molecule has 0 saturated carbocycles. The van der Waals surface area contributed by atoms with Crippen LogP contribution in [0.3, 0.4) is 0 Å². The largest absolute Gasteiger partial charge is 0.493 e. The quantitative estimate of drug-likeness (QED) is 0.368. The van der Waals surface area contributed by atoms with Crippen LogP contribution in [0, 0.1) is 6.92 Å². The van der Waals surface area contributed by atoms with Gasteiger partial charge in [0.25, 0.3) is 5.56 Å². The summed E-state index contributed by atoms with van der Waals surface area (Å²) < 4.78 is 36.2. The van der Waals surface area contributed by atoms with Crippen molar-refractivity contribution in [1.82, 2.24) is 23.9 Å². The fourth-order valence-corrected chi connectivity index (χ4v) is 6.30. The zero-order chi connectivity index (χ0) is 26.9. The number of benzene rings is 2. The second-order valence-corrected chi connectivity index (χ2v) is 11.2. The molecule has 0 radical (unpaired) electrons. The molecule has 200 valence electrons. The van der Waals surface area contributed by atoms with Gasteiger partial charge in [0, 0.05) is 38.3 Å². The smallest absolute Gasteiger partial charge is 0.277 e. The van der Waals surface area contributed by atoms with Gasteiger partial charge in [0.15, 0.2) is 11.3 Å². The number of nitrogens with zero attached hydrogens (tertiary/aromatic N) is 5. The maximum absolute atomic E-state index is 13.7. The van der Waals surface area contributed by atoms with Crippen molar-refractivity contribution in [2.24, 2.45) is 0 Å². The average molecular weight is 537 g/mol. The fourth-order valence-electron chi connectivity index (χ4n) is 4.85. The predicted octanol–water partition coefficient (Wildman–Crippen LogP) is 3.26. The molecule has 0 unspecified atom stereocenters. The summed E-state index contributed by atoms with van der Waals surface area (Å²) in [5.74, 6) is 1.36. The molecule has 1 aliphatic rings. The Hall–Kier alpha value is -3.70. The Morgan fingerprint density at radius 2 is 1.76 bits per heavy atom. The number of H-pyrrole nitrogens is 1. The molecule has 10 nitrogen and oxygen atoms in total. The second-order valence-electron chi connectivity index (χ2n) is 9.24. The van der Waals surface area contributed by atoms with E-state index in [1.807, 2.05) is 44.2 Å². The topological polar surface area (TPSA) is 113 Å². The highest BCUT2D eigenvalue weighted by Crippen LogP contribution is 2.32. The number of imidazole rings is 1.